The third kappa shape index (κ3) is 4.68. The average molecular weight is 308 g/mol. The number of amides is 1. The normalized spacial score (nSPS) is 10.4. The van der Waals surface area contributed by atoms with Gasteiger partial charge in [0, 0.05) is 11.5 Å². The van der Waals surface area contributed by atoms with E-state index >= 15 is 0 Å². The number of alkyl halides is 2. The number of hydrogen-bond acceptors (Lipinski definition) is 2. The zero-order valence-corrected chi connectivity index (χ0v) is 10.8. The summed E-state index contributed by atoms with van der Waals surface area (Å²) in [6, 6.07) is 7.12. The predicted molar refractivity (Wildman–Crippen MR) is 63.3 cm³/mol. The van der Waals surface area contributed by atoms with Gasteiger partial charge in [0.2, 0.25) is 0 Å². The highest BCUT2D eigenvalue weighted by Crippen LogP contribution is 2.15. The van der Waals surface area contributed by atoms with Crippen molar-refractivity contribution in [1.29, 1.82) is 0 Å². The van der Waals surface area contributed by atoms with Gasteiger partial charge in [-0.3, -0.25) is 4.79 Å². The Morgan fingerprint density at radius 1 is 1.41 bits per heavy atom. The smallest absolute Gasteiger partial charge is 0.315 e. The van der Waals surface area contributed by atoms with E-state index in [1.807, 2.05) is 12.1 Å². The highest BCUT2D eigenvalue weighted by Gasteiger charge is 2.19. The molecule has 17 heavy (non-hydrogen) atoms. The first-order chi connectivity index (χ1) is 8.00. The first-order valence-corrected chi connectivity index (χ1v) is 5.71. The molecule has 1 rings (SSSR count). The van der Waals surface area contributed by atoms with E-state index in [4.69, 9.17) is 4.74 Å². The van der Waals surface area contributed by atoms with Crippen LogP contribution in [-0.2, 0) is 4.79 Å². The Labute approximate surface area is 106 Å². The van der Waals surface area contributed by atoms with Gasteiger partial charge >= 0.3 is 6.43 Å². The van der Waals surface area contributed by atoms with Gasteiger partial charge in [-0.2, -0.15) is 8.78 Å². The Bertz CT molecular complexity index is 370. The van der Waals surface area contributed by atoms with Crippen LogP contribution in [0.2, 0.25) is 0 Å². The van der Waals surface area contributed by atoms with Gasteiger partial charge in [-0.1, -0.05) is 15.9 Å². The zero-order chi connectivity index (χ0) is 12.8. The van der Waals surface area contributed by atoms with Gasteiger partial charge in [0.05, 0.1) is 6.54 Å². The Morgan fingerprint density at radius 2 is 2.00 bits per heavy atom. The third-order valence-electron chi connectivity index (χ3n) is 2.07. The highest BCUT2D eigenvalue weighted by atomic mass is 79.9. The minimum absolute atomic E-state index is 0.124. The highest BCUT2D eigenvalue weighted by molar-refractivity contribution is 9.10. The number of benzene rings is 1. The lowest BCUT2D eigenvalue weighted by atomic mass is 10.3. The van der Waals surface area contributed by atoms with Crippen LogP contribution < -0.4 is 4.74 Å². The van der Waals surface area contributed by atoms with E-state index in [0.29, 0.717) is 5.75 Å². The SMILES string of the molecule is CN(CCOc1ccc(Br)cc1)C(=O)C(F)F. The van der Waals surface area contributed by atoms with Gasteiger partial charge < -0.3 is 9.64 Å². The summed E-state index contributed by atoms with van der Waals surface area (Å²) in [5.41, 5.74) is 0. The van der Waals surface area contributed by atoms with Crippen LogP contribution in [0.4, 0.5) is 8.78 Å². The lowest BCUT2D eigenvalue weighted by Gasteiger charge is -2.16. The van der Waals surface area contributed by atoms with Crippen molar-refractivity contribution in [1.82, 2.24) is 4.90 Å². The van der Waals surface area contributed by atoms with Gasteiger partial charge in [0.15, 0.2) is 0 Å². The molecule has 1 amide bonds. The molecule has 1 aromatic rings. The van der Waals surface area contributed by atoms with Crippen LogP contribution in [0.1, 0.15) is 0 Å². The summed E-state index contributed by atoms with van der Waals surface area (Å²) < 4.78 is 30.3. The van der Waals surface area contributed by atoms with Crippen molar-refractivity contribution < 1.29 is 18.3 Å². The fourth-order valence-electron chi connectivity index (χ4n) is 1.11. The quantitative estimate of drug-likeness (QED) is 0.836. The molecule has 0 saturated heterocycles. The number of carbonyl (C=O) groups excluding carboxylic acids is 1. The van der Waals surface area contributed by atoms with Crippen molar-refractivity contribution in [2.75, 3.05) is 20.2 Å². The van der Waals surface area contributed by atoms with Gasteiger partial charge in [-0.25, -0.2) is 0 Å². The summed E-state index contributed by atoms with van der Waals surface area (Å²) >= 11 is 3.28. The molecule has 0 N–H and O–H groups in total. The van der Waals surface area contributed by atoms with E-state index in [1.54, 1.807) is 12.1 Å². The molecule has 3 nitrogen and oxygen atoms in total. The maximum Gasteiger partial charge on any atom is 0.315 e. The number of hydrogen-bond donors (Lipinski definition) is 0. The van der Waals surface area contributed by atoms with Crippen LogP contribution in [0.15, 0.2) is 28.7 Å². The minimum atomic E-state index is -2.97. The van der Waals surface area contributed by atoms with Gasteiger partial charge in [0.25, 0.3) is 5.91 Å². The monoisotopic (exact) mass is 307 g/mol. The van der Waals surface area contributed by atoms with E-state index in [9.17, 15) is 13.6 Å². The number of carbonyl (C=O) groups is 1. The Morgan fingerprint density at radius 3 is 2.53 bits per heavy atom. The molecule has 0 heterocycles. The molecule has 0 unspecified atom stereocenters. The fourth-order valence-corrected chi connectivity index (χ4v) is 1.37. The van der Waals surface area contributed by atoms with Crippen molar-refractivity contribution in [3.8, 4) is 5.75 Å². The molecule has 1 aromatic carbocycles. The second kappa shape index (κ2) is 6.54. The lowest BCUT2D eigenvalue weighted by molar-refractivity contribution is -0.141. The number of likely N-dealkylation sites (N-methyl/N-ethyl adjacent to an activating group) is 1. The third-order valence-corrected chi connectivity index (χ3v) is 2.60. The minimum Gasteiger partial charge on any atom is -0.492 e. The summed E-state index contributed by atoms with van der Waals surface area (Å²) in [4.78, 5) is 11.8. The Kier molecular flexibility index (Phi) is 5.34. The molecule has 0 bridgehead atoms. The van der Waals surface area contributed by atoms with Gasteiger partial charge in [-0.15, -0.1) is 0 Å². The summed E-state index contributed by atoms with van der Waals surface area (Å²) in [6.45, 7) is 0.301. The molecule has 0 fully saturated rings. The van der Waals surface area contributed by atoms with Crippen LogP contribution in [0, 0.1) is 0 Å². The molecule has 0 aliphatic carbocycles. The van der Waals surface area contributed by atoms with Gasteiger partial charge in [0.1, 0.15) is 12.4 Å². The molecule has 0 saturated carbocycles. The molecular weight excluding hydrogens is 296 g/mol. The van der Waals surface area contributed by atoms with Crippen LogP contribution in [-0.4, -0.2) is 37.4 Å². The molecule has 6 heteroatoms. The molecule has 0 atom stereocenters. The number of rotatable bonds is 5. The van der Waals surface area contributed by atoms with E-state index in [1.165, 1.54) is 7.05 Å². The molecule has 94 valence electrons. The standard InChI is InChI=1S/C11H12BrF2NO2/c1-15(11(16)10(13)14)6-7-17-9-4-2-8(12)3-5-9/h2-5,10H,6-7H2,1H3. The van der Waals surface area contributed by atoms with Gasteiger partial charge in [-0.05, 0) is 24.3 Å². The predicted octanol–water partition coefficient (Wildman–Crippen LogP) is 2.55. The topological polar surface area (TPSA) is 29.5 Å². The summed E-state index contributed by atoms with van der Waals surface area (Å²) in [7, 11) is 1.32. The van der Waals surface area contributed by atoms with Crippen molar-refractivity contribution in [3.05, 3.63) is 28.7 Å². The zero-order valence-electron chi connectivity index (χ0n) is 9.20. The van der Waals surface area contributed by atoms with Crippen LogP contribution in [0.5, 0.6) is 5.75 Å². The Balaban J connectivity index is 2.33. The molecule has 0 aromatic heterocycles. The van der Waals surface area contributed by atoms with E-state index < -0.39 is 12.3 Å². The second-order valence-electron chi connectivity index (χ2n) is 3.36. The number of nitrogens with zero attached hydrogens (tertiary/aromatic N) is 1. The van der Waals surface area contributed by atoms with E-state index in [-0.39, 0.29) is 13.2 Å². The second-order valence-corrected chi connectivity index (χ2v) is 4.28. The maximum absolute atomic E-state index is 12.0. The number of ether oxygens (including phenoxy) is 1. The first kappa shape index (κ1) is 13.9. The first-order valence-electron chi connectivity index (χ1n) is 4.92. The molecular formula is C11H12BrF2NO2. The Hall–Kier alpha value is -1.17. The van der Waals surface area contributed by atoms with Crippen molar-refractivity contribution in [2.45, 2.75) is 6.43 Å². The molecule has 0 aliphatic rings. The summed E-state index contributed by atoms with van der Waals surface area (Å²) in [6.07, 6.45) is -2.97. The summed E-state index contributed by atoms with van der Waals surface area (Å²) in [5, 5.41) is 0. The maximum atomic E-state index is 12.0. The van der Waals surface area contributed by atoms with Crippen LogP contribution in [0.25, 0.3) is 0 Å². The van der Waals surface area contributed by atoms with Crippen molar-refractivity contribution >= 4 is 21.8 Å². The van der Waals surface area contributed by atoms with Crippen LogP contribution in [0.3, 0.4) is 0 Å². The van der Waals surface area contributed by atoms with E-state index in [0.717, 1.165) is 9.37 Å². The molecule has 0 radical (unpaired) electrons. The molecule has 0 aliphatic heterocycles. The fraction of sp³-hybridized carbons (Fsp3) is 0.364. The lowest BCUT2D eigenvalue weighted by Crippen LogP contribution is -2.35. The largest absolute Gasteiger partial charge is 0.492 e. The van der Waals surface area contributed by atoms with Crippen molar-refractivity contribution in [2.24, 2.45) is 0 Å². The van der Waals surface area contributed by atoms with Crippen molar-refractivity contribution in [3.63, 3.8) is 0 Å². The number of halogens is 3. The van der Waals surface area contributed by atoms with Crippen LogP contribution >= 0.6 is 15.9 Å². The molecule has 0 spiro atoms. The van der Waals surface area contributed by atoms with E-state index in [2.05, 4.69) is 15.9 Å². The summed E-state index contributed by atoms with van der Waals surface area (Å²) in [5.74, 6) is -0.560. The average Bonchev–Trinajstić information content (AvgIpc) is 2.30.